The van der Waals surface area contributed by atoms with E-state index in [1.165, 1.54) is 0 Å². The lowest BCUT2D eigenvalue weighted by Crippen LogP contribution is -2.19. The zero-order valence-corrected chi connectivity index (χ0v) is 9.43. The lowest BCUT2D eigenvalue weighted by Gasteiger charge is -2.04. The molecule has 0 spiro atoms. The zero-order chi connectivity index (χ0) is 11.7. The van der Waals surface area contributed by atoms with Gasteiger partial charge in [-0.3, -0.25) is 5.41 Å². The Morgan fingerprint density at radius 1 is 1.44 bits per heavy atom. The summed E-state index contributed by atoms with van der Waals surface area (Å²) in [6.07, 6.45) is 0. The van der Waals surface area contributed by atoms with Gasteiger partial charge in [0, 0.05) is 5.39 Å². The third-order valence-electron chi connectivity index (χ3n) is 2.24. The highest BCUT2D eigenvalue weighted by Gasteiger charge is 2.05. The molecule has 82 valence electrons. The van der Waals surface area contributed by atoms with Crippen molar-refractivity contribution in [1.29, 1.82) is 5.41 Å². The average molecular weight is 234 g/mol. The fraction of sp³-hybridized carbons (Fsp3) is 0.0909. The van der Waals surface area contributed by atoms with Crippen molar-refractivity contribution in [3.05, 3.63) is 35.4 Å². The van der Waals surface area contributed by atoms with Crippen molar-refractivity contribution < 1.29 is 9.15 Å². The minimum atomic E-state index is -0.0230. The maximum Gasteiger partial charge on any atom is 0.222 e. The van der Waals surface area contributed by atoms with Crippen molar-refractivity contribution in [1.82, 2.24) is 0 Å². The van der Waals surface area contributed by atoms with Crippen LogP contribution in [0.2, 0.25) is 0 Å². The van der Waals surface area contributed by atoms with E-state index in [9.17, 15) is 0 Å². The summed E-state index contributed by atoms with van der Waals surface area (Å²) in [6, 6.07) is 7.05. The van der Waals surface area contributed by atoms with Crippen LogP contribution in [-0.2, 0) is 0 Å². The average Bonchev–Trinajstić information content (AvgIpc) is 2.27. The maximum atomic E-state index is 7.62. The number of rotatable bonds is 2. The summed E-state index contributed by atoms with van der Waals surface area (Å²) >= 11 is 4.84. The topological polar surface area (TPSA) is 72.2 Å². The molecule has 0 saturated carbocycles. The lowest BCUT2D eigenvalue weighted by atomic mass is 10.2. The molecule has 0 bridgehead atoms. The summed E-state index contributed by atoms with van der Waals surface area (Å²) in [6.45, 7) is 0. The number of hydrogen-bond acceptors (Lipinski definition) is 4. The first-order valence-corrected chi connectivity index (χ1v) is 4.99. The second-order valence-electron chi connectivity index (χ2n) is 3.26. The van der Waals surface area contributed by atoms with Gasteiger partial charge in [-0.05, 0) is 24.3 Å². The Bertz CT molecular complexity index is 619. The van der Waals surface area contributed by atoms with Gasteiger partial charge in [-0.25, -0.2) is 0 Å². The van der Waals surface area contributed by atoms with Crippen LogP contribution < -0.4 is 16.0 Å². The quantitative estimate of drug-likeness (QED) is 0.773. The Labute approximate surface area is 97.1 Å². The van der Waals surface area contributed by atoms with Crippen molar-refractivity contribution in [2.45, 2.75) is 0 Å². The third-order valence-corrected chi connectivity index (χ3v) is 2.46. The van der Waals surface area contributed by atoms with E-state index in [1.807, 2.05) is 0 Å². The minimum Gasteiger partial charge on any atom is -0.497 e. The van der Waals surface area contributed by atoms with Crippen LogP contribution in [0.5, 0.6) is 5.75 Å². The number of hydrogen-bond donors (Lipinski definition) is 2. The summed E-state index contributed by atoms with van der Waals surface area (Å²) in [7, 11) is 1.59. The van der Waals surface area contributed by atoms with Crippen LogP contribution in [0.15, 0.2) is 28.7 Å². The molecule has 1 aromatic carbocycles. The van der Waals surface area contributed by atoms with Gasteiger partial charge in [0.05, 0.1) is 12.7 Å². The first kappa shape index (κ1) is 10.6. The van der Waals surface area contributed by atoms with Gasteiger partial charge in [0.25, 0.3) is 0 Å². The highest BCUT2D eigenvalue weighted by atomic mass is 32.1. The van der Waals surface area contributed by atoms with E-state index >= 15 is 0 Å². The third kappa shape index (κ3) is 1.77. The van der Waals surface area contributed by atoms with Gasteiger partial charge in [0.2, 0.25) is 5.55 Å². The predicted molar refractivity (Wildman–Crippen MR) is 64.5 cm³/mol. The van der Waals surface area contributed by atoms with Crippen LogP contribution in [-0.4, -0.2) is 12.1 Å². The Balaban J connectivity index is 2.75. The molecule has 5 heteroatoms. The number of ether oxygens (including phenoxy) is 1. The van der Waals surface area contributed by atoms with Crippen LogP contribution in [0.25, 0.3) is 11.0 Å². The molecule has 0 aliphatic rings. The molecule has 0 fully saturated rings. The fourth-order valence-electron chi connectivity index (χ4n) is 1.43. The second kappa shape index (κ2) is 3.94. The lowest BCUT2D eigenvalue weighted by molar-refractivity contribution is 0.415. The minimum absolute atomic E-state index is 0.0230. The van der Waals surface area contributed by atoms with E-state index in [4.69, 9.17) is 32.5 Å². The van der Waals surface area contributed by atoms with Gasteiger partial charge >= 0.3 is 0 Å². The predicted octanol–water partition coefficient (Wildman–Crippen LogP) is 1.56. The van der Waals surface area contributed by atoms with E-state index in [0.29, 0.717) is 16.9 Å². The molecule has 0 amide bonds. The van der Waals surface area contributed by atoms with E-state index < -0.39 is 0 Å². The van der Waals surface area contributed by atoms with E-state index in [-0.39, 0.29) is 10.5 Å². The van der Waals surface area contributed by atoms with Gasteiger partial charge in [-0.1, -0.05) is 12.2 Å². The molecule has 3 N–H and O–H groups in total. The maximum absolute atomic E-state index is 7.62. The standard InChI is InChI=1S/C11H10N2O2S/c1-14-7-2-3-9-6(4-7)5-8(11(13)16)10(12)15-9/h2-5,12H,1H3,(H2,13,16). The van der Waals surface area contributed by atoms with Crippen LogP contribution in [0.3, 0.4) is 0 Å². The molecule has 0 radical (unpaired) electrons. The first-order chi connectivity index (χ1) is 7.61. The number of thiocarbonyl (C=S) groups is 1. The van der Waals surface area contributed by atoms with E-state index in [1.54, 1.807) is 31.4 Å². The molecule has 4 nitrogen and oxygen atoms in total. The van der Waals surface area contributed by atoms with Crippen molar-refractivity contribution in [3.8, 4) is 5.75 Å². The molecule has 0 saturated heterocycles. The van der Waals surface area contributed by atoms with E-state index in [2.05, 4.69) is 0 Å². The molecule has 2 aromatic rings. The SMILES string of the molecule is COc1ccc2oc(=N)c(C(N)=S)cc2c1. The monoisotopic (exact) mass is 234 g/mol. The molecule has 0 aliphatic heterocycles. The van der Waals surface area contributed by atoms with Gasteiger partial charge in [-0.15, -0.1) is 0 Å². The van der Waals surface area contributed by atoms with Crippen LogP contribution >= 0.6 is 12.2 Å². The summed E-state index contributed by atoms with van der Waals surface area (Å²) < 4.78 is 10.4. The molecular weight excluding hydrogens is 224 g/mol. The second-order valence-corrected chi connectivity index (χ2v) is 3.70. The number of benzene rings is 1. The zero-order valence-electron chi connectivity index (χ0n) is 8.61. The Morgan fingerprint density at radius 2 is 2.19 bits per heavy atom. The smallest absolute Gasteiger partial charge is 0.222 e. The highest BCUT2D eigenvalue weighted by Crippen LogP contribution is 2.20. The molecule has 2 rings (SSSR count). The number of nitrogens with one attached hydrogen (secondary N) is 1. The summed E-state index contributed by atoms with van der Waals surface area (Å²) in [5, 5.41) is 8.42. The molecule has 16 heavy (non-hydrogen) atoms. The number of nitrogens with two attached hydrogens (primary N) is 1. The largest absolute Gasteiger partial charge is 0.497 e. The number of methoxy groups -OCH3 is 1. The molecule has 0 unspecified atom stereocenters. The molecule has 0 aliphatic carbocycles. The Hall–Kier alpha value is -1.88. The summed E-state index contributed by atoms with van der Waals surface area (Å²) in [5.41, 5.74) is 6.50. The first-order valence-electron chi connectivity index (χ1n) is 4.58. The van der Waals surface area contributed by atoms with Crippen molar-refractivity contribution in [2.75, 3.05) is 7.11 Å². The van der Waals surface area contributed by atoms with Crippen LogP contribution in [0.4, 0.5) is 0 Å². The van der Waals surface area contributed by atoms with Crippen molar-refractivity contribution in [2.24, 2.45) is 5.73 Å². The summed E-state index contributed by atoms with van der Waals surface area (Å²) in [5.74, 6) is 0.717. The Kier molecular flexibility index (Phi) is 2.62. The van der Waals surface area contributed by atoms with Crippen molar-refractivity contribution in [3.63, 3.8) is 0 Å². The molecule has 1 heterocycles. The van der Waals surface area contributed by atoms with Crippen molar-refractivity contribution >= 4 is 28.2 Å². The number of fused-ring (bicyclic) bond motifs is 1. The van der Waals surface area contributed by atoms with Gasteiger partial charge in [-0.2, -0.15) is 0 Å². The van der Waals surface area contributed by atoms with E-state index in [0.717, 1.165) is 5.39 Å². The molecular formula is C11H10N2O2S. The van der Waals surface area contributed by atoms with Gasteiger partial charge in [0.1, 0.15) is 16.3 Å². The summed E-state index contributed by atoms with van der Waals surface area (Å²) in [4.78, 5) is 0.151. The van der Waals surface area contributed by atoms with Gasteiger partial charge in [0.15, 0.2) is 0 Å². The molecule has 1 aromatic heterocycles. The van der Waals surface area contributed by atoms with Crippen LogP contribution in [0.1, 0.15) is 5.56 Å². The van der Waals surface area contributed by atoms with Crippen LogP contribution in [0, 0.1) is 5.41 Å². The molecule has 0 atom stereocenters. The highest BCUT2D eigenvalue weighted by molar-refractivity contribution is 7.80. The Morgan fingerprint density at radius 3 is 2.81 bits per heavy atom. The van der Waals surface area contributed by atoms with Gasteiger partial charge < -0.3 is 14.9 Å². The normalized spacial score (nSPS) is 10.3. The fourth-order valence-corrected chi connectivity index (χ4v) is 1.58.